The Balaban J connectivity index is 2.45. The maximum Gasteiger partial charge on any atom is 0.141 e. The molecule has 2 aromatic rings. The summed E-state index contributed by atoms with van der Waals surface area (Å²) < 4.78 is 14.9. The van der Waals surface area contributed by atoms with Crippen molar-refractivity contribution < 1.29 is 4.39 Å². The van der Waals surface area contributed by atoms with Crippen LogP contribution >= 0.6 is 31.9 Å². The summed E-state index contributed by atoms with van der Waals surface area (Å²) in [5.74, 6) is -0.360. The SMILES string of the molecule is CNC(c1cncc(F)c1)c1ncc(Br)cc1Br. The molecule has 2 heterocycles. The Morgan fingerprint density at radius 1 is 1.22 bits per heavy atom. The van der Waals surface area contributed by atoms with E-state index in [1.54, 1.807) is 19.4 Å². The summed E-state index contributed by atoms with van der Waals surface area (Å²) in [6.45, 7) is 0. The average Bonchev–Trinajstić information content (AvgIpc) is 2.33. The second-order valence-corrected chi connectivity index (χ2v) is 5.45. The molecular weight excluding hydrogens is 365 g/mol. The fourth-order valence-electron chi connectivity index (χ4n) is 1.68. The Bertz CT molecular complexity index is 563. The lowest BCUT2D eigenvalue weighted by molar-refractivity contribution is 0.605. The van der Waals surface area contributed by atoms with Crippen LogP contribution in [0.15, 0.2) is 39.7 Å². The molecule has 18 heavy (non-hydrogen) atoms. The fourth-order valence-corrected chi connectivity index (χ4v) is 2.90. The lowest BCUT2D eigenvalue weighted by Crippen LogP contribution is -2.19. The highest BCUT2D eigenvalue weighted by Crippen LogP contribution is 2.28. The first-order chi connectivity index (χ1) is 8.61. The molecule has 0 amide bonds. The van der Waals surface area contributed by atoms with Gasteiger partial charge in [-0.05, 0) is 56.6 Å². The highest BCUT2D eigenvalue weighted by Gasteiger charge is 2.17. The van der Waals surface area contributed by atoms with Gasteiger partial charge in [0, 0.05) is 21.3 Å². The van der Waals surface area contributed by atoms with E-state index in [9.17, 15) is 4.39 Å². The Labute approximate surface area is 121 Å². The van der Waals surface area contributed by atoms with E-state index in [0.717, 1.165) is 20.2 Å². The molecule has 0 fully saturated rings. The van der Waals surface area contributed by atoms with E-state index in [4.69, 9.17) is 0 Å². The van der Waals surface area contributed by atoms with Gasteiger partial charge in [-0.3, -0.25) is 9.97 Å². The summed E-state index contributed by atoms with van der Waals surface area (Å²) in [6, 6.07) is 3.14. The maximum atomic E-state index is 13.2. The predicted octanol–water partition coefficient (Wildman–Crippen LogP) is 3.45. The van der Waals surface area contributed by atoms with Crippen LogP contribution in [0.25, 0.3) is 0 Å². The van der Waals surface area contributed by atoms with Gasteiger partial charge < -0.3 is 5.32 Å². The summed E-state index contributed by atoms with van der Waals surface area (Å²) in [7, 11) is 1.80. The van der Waals surface area contributed by atoms with Crippen molar-refractivity contribution in [2.75, 3.05) is 7.05 Å². The van der Waals surface area contributed by atoms with Gasteiger partial charge in [-0.1, -0.05) is 0 Å². The first-order valence-electron chi connectivity index (χ1n) is 5.20. The third-order valence-corrected chi connectivity index (χ3v) is 3.53. The smallest absolute Gasteiger partial charge is 0.141 e. The van der Waals surface area contributed by atoms with E-state index < -0.39 is 0 Å². The van der Waals surface area contributed by atoms with Crippen molar-refractivity contribution in [3.05, 3.63) is 56.7 Å². The molecular formula is C12H10Br2FN3. The van der Waals surface area contributed by atoms with Gasteiger partial charge in [0.15, 0.2) is 0 Å². The number of pyridine rings is 2. The molecule has 0 radical (unpaired) electrons. The number of halogens is 3. The average molecular weight is 375 g/mol. The summed E-state index contributed by atoms with van der Waals surface area (Å²) in [5.41, 5.74) is 1.51. The number of rotatable bonds is 3. The molecule has 0 aliphatic heterocycles. The lowest BCUT2D eigenvalue weighted by Gasteiger charge is -2.17. The van der Waals surface area contributed by atoms with Crippen molar-refractivity contribution in [3.8, 4) is 0 Å². The normalized spacial score (nSPS) is 12.4. The highest BCUT2D eigenvalue weighted by molar-refractivity contribution is 9.11. The van der Waals surface area contributed by atoms with Gasteiger partial charge in [0.2, 0.25) is 0 Å². The minimum absolute atomic E-state index is 0.212. The van der Waals surface area contributed by atoms with Crippen LogP contribution in [0.3, 0.4) is 0 Å². The van der Waals surface area contributed by atoms with Gasteiger partial charge in [0.25, 0.3) is 0 Å². The van der Waals surface area contributed by atoms with Crippen LogP contribution in [0, 0.1) is 5.82 Å². The summed E-state index contributed by atoms with van der Waals surface area (Å²) in [4.78, 5) is 8.21. The molecule has 0 aliphatic rings. The molecule has 0 saturated carbocycles. The van der Waals surface area contributed by atoms with Crippen molar-refractivity contribution >= 4 is 31.9 Å². The van der Waals surface area contributed by atoms with Gasteiger partial charge in [0.1, 0.15) is 5.82 Å². The van der Waals surface area contributed by atoms with Crippen molar-refractivity contribution in [2.45, 2.75) is 6.04 Å². The molecule has 0 bridgehead atoms. The zero-order valence-electron chi connectivity index (χ0n) is 9.49. The van der Waals surface area contributed by atoms with E-state index in [-0.39, 0.29) is 11.9 Å². The van der Waals surface area contributed by atoms with Crippen LogP contribution in [0.4, 0.5) is 4.39 Å². The molecule has 0 saturated heterocycles. The van der Waals surface area contributed by atoms with E-state index in [1.165, 1.54) is 12.3 Å². The van der Waals surface area contributed by atoms with Crippen molar-refractivity contribution in [1.82, 2.24) is 15.3 Å². The number of nitrogens with one attached hydrogen (secondary N) is 1. The third kappa shape index (κ3) is 2.93. The van der Waals surface area contributed by atoms with Crippen LogP contribution < -0.4 is 5.32 Å². The second-order valence-electron chi connectivity index (χ2n) is 3.68. The zero-order valence-corrected chi connectivity index (χ0v) is 12.7. The number of hydrogen-bond donors (Lipinski definition) is 1. The van der Waals surface area contributed by atoms with Crippen molar-refractivity contribution in [2.24, 2.45) is 0 Å². The van der Waals surface area contributed by atoms with Crippen LogP contribution in [-0.2, 0) is 0 Å². The summed E-state index contributed by atoms with van der Waals surface area (Å²) >= 11 is 6.81. The van der Waals surface area contributed by atoms with E-state index >= 15 is 0 Å². The Morgan fingerprint density at radius 2 is 2.00 bits per heavy atom. The third-order valence-electron chi connectivity index (χ3n) is 2.46. The molecule has 3 nitrogen and oxygen atoms in total. The van der Waals surface area contributed by atoms with Crippen LogP contribution in [0.5, 0.6) is 0 Å². The van der Waals surface area contributed by atoms with E-state index in [2.05, 4.69) is 47.1 Å². The van der Waals surface area contributed by atoms with Gasteiger partial charge in [-0.15, -0.1) is 0 Å². The molecule has 94 valence electrons. The molecule has 1 atom stereocenters. The Kier molecular flexibility index (Phi) is 4.42. The predicted molar refractivity (Wildman–Crippen MR) is 74.7 cm³/mol. The number of hydrogen-bond acceptors (Lipinski definition) is 3. The van der Waals surface area contributed by atoms with Crippen molar-refractivity contribution in [1.29, 1.82) is 0 Å². The number of aromatic nitrogens is 2. The van der Waals surface area contributed by atoms with Gasteiger partial charge >= 0.3 is 0 Å². The monoisotopic (exact) mass is 373 g/mol. The number of nitrogens with zero attached hydrogens (tertiary/aromatic N) is 2. The summed E-state index contributed by atoms with van der Waals surface area (Å²) in [5, 5.41) is 3.11. The van der Waals surface area contributed by atoms with Crippen molar-refractivity contribution in [3.63, 3.8) is 0 Å². The molecule has 2 rings (SSSR count). The van der Waals surface area contributed by atoms with Gasteiger partial charge in [-0.25, -0.2) is 4.39 Å². The Morgan fingerprint density at radius 3 is 2.61 bits per heavy atom. The van der Waals surface area contributed by atoms with Gasteiger partial charge in [0.05, 0.1) is 17.9 Å². The largest absolute Gasteiger partial charge is 0.308 e. The molecule has 0 aliphatic carbocycles. The Hall–Kier alpha value is -0.850. The zero-order chi connectivity index (χ0) is 13.1. The first-order valence-corrected chi connectivity index (χ1v) is 6.79. The molecule has 0 spiro atoms. The molecule has 1 unspecified atom stereocenters. The quantitative estimate of drug-likeness (QED) is 0.894. The first kappa shape index (κ1) is 13.6. The molecule has 1 N–H and O–H groups in total. The van der Waals surface area contributed by atoms with Crippen LogP contribution in [0.2, 0.25) is 0 Å². The fraction of sp³-hybridized carbons (Fsp3) is 0.167. The lowest BCUT2D eigenvalue weighted by atomic mass is 10.1. The highest BCUT2D eigenvalue weighted by atomic mass is 79.9. The second kappa shape index (κ2) is 5.86. The minimum Gasteiger partial charge on any atom is -0.308 e. The topological polar surface area (TPSA) is 37.8 Å². The van der Waals surface area contributed by atoms with Crippen LogP contribution in [0.1, 0.15) is 17.3 Å². The van der Waals surface area contributed by atoms with Crippen LogP contribution in [-0.4, -0.2) is 17.0 Å². The molecule has 0 aromatic carbocycles. The molecule has 6 heteroatoms. The van der Waals surface area contributed by atoms with E-state index in [1.807, 2.05) is 6.07 Å². The standard InChI is InChI=1S/C12H10Br2FN3/c1-16-11(7-2-9(15)6-17-4-7)12-10(14)3-8(13)5-18-12/h2-6,11,16H,1H3. The van der Waals surface area contributed by atoms with E-state index in [0.29, 0.717) is 0 Å². The maximum absolute atomic E-state index is 13.2. The minimum atomic E-state index is -0.360. The molecule has 2 aromatic heterocycles. The van der Waals surface area contributed by atoms with Gasteiger partial charge in [-0.2, -0.15) is 0 Å². The summed E-state index contributed by atoms with van der Waals surface area (Å²) in [6.07, 6.45) is 4.51.